The number of alkyl carbamates (subject to hydrolysis) is 1. The number of carbonyl (C=O) groups excluding carboxylic acids is 2. The Hall–Kier alpha value is -2.06. The molecule has 0 spiro atoms. The summed E-state index contributed by atoms with van der Waals surface area (Å²) in [6.45, 7) is 5.58. The number of rotatable bonds is 6. The van der Waals surface area contributed by atoms with Crippen LogP contribution in [-0.4, -0.2) is 36.7 Å². The van der Waals surface area contributed by atoms with Crippen LogP contribution in [0.15, 0.2) is 23.8 Å². The summed E-state index contributed by atoms with van der Waals surface area (Å²) in [6, 6.07) is -0.617. The van der Waals surface area contributed by atoms with E-state index in [0.717, 1.165) is 5.57 Å². The SMILES string of the molecule is C#CCOC1C=CC(C[C@@H](C=O)NC(=O)OC(C)(C)C)=CC1. The van der Waals surface area contributed by atoms with Crippen LogP contribution >= 0.6 is 0 Å². The zero-order valence-corrected chi connectivity index (χ0v) is 13.3. The minimum atomic E-state index is -0.617. The van der Waals surface area contributed by atoms with E-state index in [4.69, 9.17) is 15.9 Å². The molecule has 1 unspecified atom stereocenters. The second-order valence-electron chi connectivity index (χ2n) is 6.02. The maximum absolute atomic E-state index is 11.7. The summed E-state index contributed by atoms with van der Waals surface area (Å²) in [7, 11) is 0. The topological polar surface area (TPSA) is 64.6 Å². The van der Waals surface area contributed by atoms with Gasteiger partial charge in [0.15, 0.2) is 0 Å². The van der Waals surface area contributed by atoms with Gasteiger partial charge in [-0.25, -0.2) is 4.79 Å². The molecule has 0 aromatic carbocycles. The summed E-state index contributed by atoms with van der Waals surface area (Å²) in [5, 5.41) is 2.55. The van der Waals surface area contributed by atoms with Gasteiger partial charge in [0.2, 0.25) is 0 Å². The predicted molar refractivity (Wildman–Crippen MR) is 84.3 cm³/mol. The molecule has 0 bridgehead atoms. The molecule has 0 fully saturated rings. The van der Waals surface area contributed by atoms with Gasteiger partial charge in [-0.3, -0.25) is 0 Å². The summed E-state index contributed by atoms with van der Waals surface area (Å²) in [4.78, 5) is 22.8. The Kier molecular flexibility index (Phi) is 6.87. The van der Waals surface area contributed by atoms with E-state index in [1.807, 2.05) is 18.2 Å². The highest BCUT2D eigenvalue weighted by atomic mass is 16.6. The lowest BCUT2D eigenvalue weighted by molar-refractivity contribution is -0.109. The van der Waals surface area contributed by atoms with E-state index in [1.54, 1.807) is 20.8 Å². The number of allylic oxidation sites excluding steroid dienone is 1. The maximum Gasteiger partial charge on any atom is 0.408 e. The molecule has 0 aromatic heterocycles. The van der Waals surface area contributed by atoms with Crippen molar-refractivity contribution in [1.29, 1.82) is 0 Å². The highest BCUT2D eigenvalue weighted by Crippen LogP contribution is 2.17. The summed E-state index contributed by atoms with van der Waals surface area (Å²) >= 11 is 0. The van der Waals surface area contributed by atoms with Gasteiger partial charge in [0, 0.05) is 0 Å². The highest BCUT2D eigenvalue weighted by molar-refractivity contribution is 5.73. The largest absolute Gasteiger partial charge is 0.444 e. The van der Waals surface area contributed by atoms with Crippen LogP contribution in [0.5, 0.6) is 0 Å². The van der Waals surface area contributed by atoms with E-state index in [1.165, 1.54) is 0 Å². The molecule has 0 saturated heterocycles. The Morgan fingerprint density at radius 3 is 2.82 bits per heavy atom. The van der Waals surface area contributed by atoms with Crippen LogP contribution in [0.4, 0.5) is 4.79 Å². The van der Waals surface area contributed by atoms with Crippen LogP contribution in [0.1, 0.15) is 33.6 Å². The third-order valence-electron chi connectivity index (χ3n) is 2.84. The molecule has 5 heteroatoms. The first-order valence-electron chi connectivity index (χ1n) is 7.21. The molecular formula is C17H23NO4. The van der Waals surface area contributed by atoms with E-state index in [0.29, 0.717) is 19.1 Å². The van der Waals surface area contributed by atoms with Crippen LogP contribution in [0.25, 0.3) is 0 Å². The van der Waals surface area contributed by atoms with Crippen molar-refractivity contribution >= 4 is 12.4 Å². The Bertz CT molecular complexity index is 494. The second kappa shape index (κ2) is 8.40. The van der Waals surface area contributed by atoms with Crippen molar-refractivity contribution in [3.8, 4) is 12.3 Å². The van der Waals surface area contributed by atoms with Gasteiger partial charge >= 0.3 is 6.09 Å². The lowest BCUT2D eigenvalue weighted by atomic mass is 9.99. The second-order valence-corrected chi connectivity index (χ2v) is 6.02. The Balaban J connectivity index is 2.46. The van der Waals surface area contributed by atoms with Crippen molar-refractivity contribution in [3.05, 3.63) is 23.8 Å². The molecule has 1 amide bonds. The summed E-state index contributed by atoms with van der Waals surface area (Å²) in [6.07, 6.45) is 12.1. The van der Waals surface area contributed by atoms with Crippen LogP contribution in [-0.2, 0) is 14.3 Å². The van der Waals surface area contributed by atoms with Crippen molar-refractivity contribution in [3.63, 3.8) is 0 Å². The van der Waals surface area contributed by atoms with Crippen molar-refractivity contribution in [2.45, 2.75) is 51.4 Å². The number of hydrogen-bond acceptors (Lipinski definition) is 4. The first-order chi connectivity index (χ1) is 10.3. The first kappa shape index (κ1) is 18.0. The fourth-order valence-corrected chi connectivity index (χ4v) is 1.92. The quantitative estimate of drug-likeness (QED) is 0.604. The molecule has 5 nitrogen and oxygen atoms in total. The molecule has 0 aromatic rings. The molecule has 120 valence electrons. The van der Waals surface area contributed by atoms with Crippen LogP contribution in [0.2, 0.25) is 0 Å². The number of terminal acetylenes is 1. The average molecular weight is 305 g/mol. The lowest BCUT2D eigenvalue weighted by Gasteiger charge is -2.22. The average Bonchev–Trinajstić information content (AvgIpc) is 2.43. The molecule has 0 heterocycles. The first-order valence-corrected chi connectivity index (χ1v) is 7.21. The zero-order chi connectivity index (χ0) is 16.6. The minimum absolute atomic E-state index is 0.0340. The molecule has 1 aliphatic carbocycles. The van der Waals surface area contributed by atoms with Crippen LogP contribution in [0.3, 0.4) is 0 Å². The summed E-state index contributed by atoms with van der Waals surface area (Å²) in [5.41, 5.74) is 0.372. The van der Waals surface area contributed by atoms with E-state index in [2.05, 4.69) is 11.2 Å². The normalized spacial score (nSPS) is 18.8. The molecular weight excluding hydrogens is 282 g/mol. The van der Waals surface area contributed by atoms with Gasteiger partial charge in [-0.1, -0.05) is 24.1 Å². The highest BCUT2D eigenvalue weighted by Gasteiger charge is 2.20. The number of nitrogens with one attached hydrogen (secondary N) is 1. The minimum Gasteiger partial charge on any atom is -0.444 e. The number of amides is 1. The molecule has 1 N–H and O–H groups in total. The number of carbonyl (C=O) groups is 2. The number of ether oxygens (including phenoxy) is 2. The monoisotopic (exact) mass is 305 g/mol. The van der Waals surface area contributed by atoms with E-state index >= 15 is 0 Å². The summed E-state index contributed by atoms with van der Waals surface area (Å²) < 4.78 is 10.5. The maximum atomic E-state index is 11.7. The van der Waals surface area contributed by atoms with Gasteiger partial charge in [0.05, 0.1) is 12.1 Å². The van der Waals surface area contributed by atoms with Gasteiger partial charge in [0.1, 0.15) is 18.5 Å². The standard InChI is InChI=1S/C17H23NO4/c1-5-10-21-15-8-6-13(7-9-15)11-14(12-19)18-16(20)22-17(2,3)4/h1,6-8,12,14-15H,9-11H2,2-4H3,(H,18,20)/t14-,15?/m0/s1. The van der Waals surface area contributed by atoms with E-state index in [-0.39, 0.29) is 12.7 Å². The van der Waals surface area contributed by atoms with Crippen LogP contribution < -0.4 is 5.32 Å². The predicted octanol–water partition coefficient (Wildman–Crippen LogP) is 2.37. The fourth-order valence-electron chi connectivity index (χ4n) is 1.92. The van der Waals surface area contributed by atoms with Gasteiger partial charge in [0.25, 0.3) is 0 Å². The molecule has 0 radical (unpaired) electrons. The third-order valence-corrected chi connectivity index (χ3v) is 2.84. The van der Waals surface area contributed by atoms with Crippen molar-refractivity contribution in [2.24, 2.45) is 0 Å². The summed E-state index contributed by atoms with van der Waals surface area (Å²) in [5.74, 6) is 2.42. The molecule has 0 saturated carbocycles. The van der Waals surface area contributed by atoms with Crippen molar-refractivity contribution in [2.75, 3.05) is 6.61 Å². The molecule has 2 atom stereocenters. The number of aldehydes is 1. The smallest absolute Gasteiger partial charge is 0.408 e. The van der Waals surface area contributed by atoms with Gasteiger partial charge in [-0.2, -0.15) is 0 Å². The Morgan fingerprint density at radius 1 is 1.59 bits per heavy atom. The van der Waals surface area contributed by atoms with Crippen LogP contribution in [0, 0.1) is 12.3 Å². The van der Waals surface area contributed by atoms with Gasteiger partial charge < -0.3 is 19.6 Å². The van der Waals surface area contributed by atoms with E-state index in [9.17, 15) is 9.59 Å². The molecule has 0 aliphatic heterocycles. The van der Waals surface area contributed by atoms with Crippen molar-refractivity contribution < 1.29 is 19.1 Å². The third kappa shape index (κ3) is 7.09. The molecule has 22 heavy (non-hydrogen) atoms. The molecule has 1 aliphatic rings. The number of hydrogen-bond donors (Lipinski definition) is 1. The van der Waals surface area contributed by atoms with E-state index < -0.39 is 17.7 Å². The Labute approximate surface area is 131 Å². The fraction of sp³-hybridized carbons (Fsp3) is 0.529. The van der Waals surface area contributed by atoms with Gasteiger partial charge in [-0.15, -0.1) is 6.42 Å². The zero-order valence-electron chi connectivity index (χ0n) is 13.3. The van der Waals surface area contributed by atoms with Crippen molar-refractivity contribution in [1.82, 2.24) is 5.32 Å². The Morgan fingerprint density at radius 2 is 2.32 bits per heavy atom. The lowest BCUT2D eigenvalue weighted by Crippen LogP contribution is -2.40. The van der Waals surface area contributed by atoms with Gasteiger partial charge in [-0.05, 0) is 39.2 Å². The molecule has 1 rings (SSSR count).